The molecule has 120 valence electrons. The van der Waals surface area contributed by atoms with E-state index in [1.807, 2.05) is 27.7 Å². The summed E-state index contributed by atoms with van der Waals surface area (Å²) in [5.41, 5.74) is 0. The highest BCUT2D eigenvalue weighted by Gasteiger charge is 2.20. The summed E-state index contributed by atoms with van der Waals surface area (Å²) in [5.74, 6) is 0. The van der Waals surface area contributed by atoms with Crippen molar-refractivity contribution in [1.29, 1.82) is 0 Å². The van der Waals surface area contributed by atoms with Crippen LogP contribution in [0.3, 0.4) is 0 Å². The van der Waals surface area contributed by atoms with Crippen LogP contribution in [0, 0.1) is 0 Å². The summed E-state index contributed by atoms with van der Waals surface area (Å²) in [7, 11) is -2.82. The molecule has 0 aliphatic carbocycles. The minimum Gasteiger partial charge on any atom is -0.313 e. The molecule has 0 fully saturated rings. The second-order valence-electron chi connectivity index (χ2n) is 3.16. The predicted molar refractivity (Wildman–Crippen MR) is 80.7 cm³/mol. The molecular formula is C11H25NO6P2. The second-order valence-corrected chi connectivity index (χ2v) is 5.55. The quantitative estimate of drug-likeness (QED) is 0.358. The Kier molecular flexibility index (Phi) is 14.4. The maximum absolute atomic E-state index is 5.55. The molecule has 1 atom stereocenters. The van der Waals surface area contributed by atoms with Gasteiger partial charge in [0, 0.05) is 0 Å². The van der Waals surface area contributed by atoms with E-state index in [9.17, 15) is 0 Å². The van der Waals surface area contributed by atoms with E-state index in [4.69, 9.17) is 27.1 Å². The summed E-state index contributed by atoms with van der Waals surface area (Å²) in [6.45, 7) is 13.2. The van der Waals surface area contributed by atoms with E-state index in [0.717, 1.165) is 0 Å². The normalized spacial score (nSPS) is 13.1. The first-order valence-corrected chi connectivity index (χ1v) is 8.78. The maximum atomic E-state index is 5.55. The van der Waals surface area contributed by atoms with Crippen LogP contribution < -0.4 is 0 Å². The highest BCUT2D eigenvalue weighted by molar-refractivity contribution is 7.42. The summed E-state index contributed by atoms with van der Waals surface area (Å²) >= 11 is 0. The van der Waals surface area contributed by atoms with E-state index in [1.54, 1.807) is 0 Å². The van der Waals surface area contributed by atoms with Gasteiger partial charge in [-0.15, -0.1) is 0 Å². The highest BCUT2D eigenvalue weighted by atomic mass is 31.2. The first kappa shape index (κ1) is 20.3. The molecule has 0 aliphatic rings. The van der Waals surface area contributed by atoms with Gasteiger partial charge in [-0.2, -0.15) is 0 Å². The van der Waals surface area contributed by atoms with Crippen LogP contribution in [0.4, 0.5) is 0 Å². The van der Waals surface area contributed by atoms with Crippen LogP contribution in [0.25, 0.3) is 0 Å². The Labute approximate surface area is 123 Å². The summed E-state index contributed by atoms with van der Waals surface area (Å²) in [6.07, 6.45) is -0.579. The number of nitrogens with zero attached hydrogens (tertiary/aromatic N) is 1. The fourth-order valence-corrected chi connectivity index (χ4v) is 2.81. The smallest absolute Gasteiger partial charge is 0.313 e. The summed E-state index contributed by atoms with van der Waals surface area (Å²) < 4.78 is 32.4. The van der Waals surface area contributed by atoms with Gasteiger partial charge >= 0.3 is 17.2 Å². The van der Waals surface area contributed by atoms with Crippen molar-refractivity contribution in [3.05, 3.63) is 0 Å². The van der Waals surface area contributed by atoms with Crippen LogP contribution in [0.5, 0.6) is 0 Å². The lowest BCUT2D eigenvalue weighted by Gasteiger charge is -2.21. The number of aliphatic imine (C=N–C) groups is 1. The minimum atomic E-state index is -1.44. The van der Waals surface area contributed by atoms with Gasteiger partial charge in [0.2, 0.25) is 0 Å². The molecule has 0 saturated heterocycles. The van der Waals surface area contributed by atoms with Gasteiger partial charge in [-0.25, -0.2) is 0 Å². The maximum Gasteiger partial charge on any atom is 0.334 e. The Morgan fingerprint density at radius 2 is 1.25 bits per heavy atom. The fourth-order valence-electron chi connectivity index (χ4n) is 0.972. The average molecular weight is 329 g/mol. The molecule has 0 radical (unpaired) electrons. The average Bonchev–Trinajstić information content (AvgIpc) is 2.44. The molecule has 0 bridgehead atoms. The standard InChI is InChI=1S/C11H25NO6P2/c1-6-13-19(14-7-2)17-10-11(12-5)18-20(15-8-3)16-9-4/h11H,5-10H2,1-4H3. The van der Waals surface area contributed by atoms with E-state index in [0.29, 0.717) is 26.4 Å². The molecule has 0 aromatic rings. The van der Waals surface area contributed by atoms with Crippen LogP contribution in [-0.2, 0) is 27.1 Å². The van der Waals surface area contributed by atoms with Gasteiger partial charge in [-0.3, -0.25) is 9.52 Å². The predicted octanol–water partition coefficient (Wildman–Crippen LogP) is 3.65. The summed E-state index contributed by atoms with van der Waals surface area (Å²) in [6, 6.07) is 0. The monoisotopic (exact) mass is 329 g/mol. The molecule has 1 unspecified atom stereocenters. The first-order chi connectivity index (χ1) is 9.71. The topological polar surface area (TPSA) is 67.7 Å². The van der Waals surface area contributed by atoms with Crippen molar-refractivity contribution >= 4 is 23.9 Å². The molecule has 0 rings (SSSR count). The molecular weight excluding hydrogens is 304 g/mol. The van der Waals surface area contributed by atoms with Gasteiger partial charge in [0.05, 0.1) is 26.4 Å². The third-order valence-corrected chi connectivity index (χ3v) is 4.32. The first-order valence-electron chi connectivity index (χ1n) is 6.59. The van der Waals surface area contributed by atoms with Crippen molar-refractivity contribution in [3.63, 3.8) is 0 Å². The van der Waals surface area contributed by atoms with E-state index in [2.05, 4.69) is 11.7 Å². The van der Waals surface area contributed by atoms with Gasteiger partial charge < -0.3 is 22.6 Å². The van der Waals surface area contributed by atoms with Crippen LogP contribution in [0.15, 0.2) is 4.99 Å². The lowest BCUT2D eigenvalue weighted by Crippen LogP contribution is -2.15. The molecule has 0 amide bonds. The zero-order chi connectivity index (χ0) is 15.2. The molecule has 0 heterocycles. The third-order valence-electron chi connectivity index (χ3n) is 1.67. The molecule has 9 heteroatoms. The van der Waals surface area contributed by atoms with Crippen LogP contribution in [-0.4, -0.2) is 46.0 Å². The molecule has 0 N–H and O–H groups in total. The highest BCUT2D eigenvalue weighted by Crippen LogP contribution is 2.43. The second kappa shape index (κ2) is 14.2. The summed E-state index contributed by atoms with van der Waals surface area (Å²) in [5, 5.41) is 0. The van der Waals surface area contributed by atoms with Gasteiger partial charge in [-0.1, -0.05) is 0 Å². The molecule has 7 nitrogen and oxygen atoms in total. The van der Waals surface area contributed by atoms with E-state index >= 15 is 0 Å². The Morgan fingerprint density at radius 3 is 1.65 bits per heavy atom. The Morgan fingerprint density at radius 1 is 0.800 bits per heavy atom. The summed E-state index contributed by atoms with van der Waals surface area (Å²) in [4.78, 5) is 3.84. The van der Waals surface area contributed by atoms with Gasteiger partial charge in [0.15, 0.2) is 6.23 Å². The molecule has 20 heavy (non-hydrogen) atoms. The Balaban J connectivity index is 4.19. The van der Waals surface area contributed by atoms with Crippen molar-refractivity contribution in [1.82, 2.24) is 0 Å². The Hall–Kier alpha value is 0.290. The lowest BCUT2D eigenvalue weighted by molar-refractivity contribution is 0.0776. The van der Waals surface area contributed by atoms with Gasteiger partial charge in [0.25, 0.3) is 0 Å². The van der Waals surface area contributed by atoms with E-state index in [-0.39, 0.29) is 6.61 Å². The Bertz CT molecular complexity index is 225. The van der Waals surface area contributed by atoms with E-state index < -0.39 is 23.4 Å². The fraction of sp³-hybridized carbons (Fsp3) is 0.909. The van der Waals surface area contributed by atoms with Gasteiger partial charge in [0.1, 0.15) is 6.61 Å². The third kappa shape index (κ3) is 10.1. The molecule has 0 saturated carbocycles. The zero-order valence-electron chi connectivity index (χ0n) is 12.6. The van der Waals surface area contributed by atoms with Crippen molar-refractivity contribution in [2.24, 2.45) is 4.99 Å². The van der Waals surface area contributed by atoms with Crippen molar-refractivity contribution < 1.29 is 27.1 Å². The van der Waals surface area contributed by atoms with Crippen LogP contribution in [0.2, 0.25) is 0 Å². The molecule has 0 aromatic carbocycles. The number of rotatable bonds is 14. The van der Waals surface area contributed by atoms with E-state index in [1.165, 1.54) is 0 Å². The molecule has 0 spiro atoms. The lowest BCUT2D eigenvalue weighted by atomic mass is 10.6. The van der Waals surface area contributed by atoms with Crippen LogP contribution in [0.1, 0.15) is 27.7 Å². The SMILES string of the molecule is C=NC(COP(OCC)OCC)OP(OCC)OCC. The molecule has 0 aromatic heterocycles. The zero-order valence-corrected chi connectivity index (χ0v) is 14.4. The largest absolute Gasteiger partial charge is 0.334 e. The molecule has 0 aliphatic heterocycles. The minimum absolute atomic E-state index is 0.175. The van der Waals surface area contributed by atoms with Crippen molar-refractivity contribution in [3.8, 4) is 0 Å². The van der Waals surface area contributed by atoms with Crippen LogP contribution >= 0.6 is 17.2 Å². The van der Waals surface area contributed by atoms with Gasteiger partial charge in [-0.05, 0) is 34.4 Å². The number of hydrogen-bond donors (Lipinski definition) is 0. The van der Waals surface area contributed by atoms with Crippen molar-refractivity contribution in [2.75, 3.05) is 33.0 Å². The van der Waals surface area contributed by atoms with Crippen molar-refractivity contribution in [2.45, 2.75) is 33.9 Å². The number of hydrogen-bond acceptors (Lipinski definition) is 7.